The third kappa shape index (κ3) is 5.44. The van der Waals surface area contributed by atoms with E-state index in [2.05, 4.69) is 15.0 Å². The molecule has 0 aliphatic heterocycles. The molecule has 2 aromatic carbocycles. The first-order chi connectivity index (χ1) is 15.1. The quantitative estimate of drug-likeness (QED) is 0.578. The van der Waals surface area contributed by atoms with Gasteiger partial charge in [0.1, 0.15) is 18.1 Å². The molecule has 32 heavy (non-hydrogen) atoms. The van der Waals surface area contributed by atoms with E-state index in [1.54, 1.807) is 18.2 Å². The molecule has 2 N–H and O–H groups in total. The lowest BCUT2D eigenvalue weighted by Crippen LogP contribution is -2.34. The van der Waals surface area contributed by atoms with Crippen molar-refractivity contribution in [2.45, 2.75) is 32.7 Å². The number of carbonyl (C=O) groups is 1. The van der Waals surface area contributed by atoms with Crippen LogP contribution in [0.1, 0.15) is 25.5 Å². The van der Waals surface area contributed by atoms with Gasteiger partial charge in [0.2, 0.25) is 5.91 Å². The molecular formula is C22H22F3N3O4. The Balaban J connectivity index is 2.02. The lowest BCUT2D eigenvalue weighted by molar-refractivity contribution is -0.274. The Morgan fingerprint density at radius 3 is 2.41 bits per heavy atom. The number of ether oxygens (including phenoxy) is 1. The van der Waals surface area contributed by atoms with Gasteiger partial charge in [-0.1, -0.05) is 32.0 Å². The first-order valence-electron chi connectivity index (χ1n) is 9.87. The zero-order valence-corrected chi connectivity index (χ0v) is 17.4. The number of alkyl halides is 3. The Kier molecular flexibility index (Phi) is 6.83. The highest BCUT2D eigenvalue weighted by Gasteiger charge is 2.31. The normalized spacial score (nSPS) is 11.7. The number of aliphatic hydroxyl groups is 1. The molecule has 1 heterocycles. The van der Waals surface area contributed by atoms with Crippen molar-refractivity contribution in [3.05, 3.63) is 58.5 Å². The van der Waals surface area contributed by atoms with Crippen LogP contribution in [0.5, 0.6) is 5.75 Å². The summed E-state index contributed by atoms with van der Waals surface area (Å²) < 4.78 is 42.5. The second kappa shape index (κ2) is 9.39. The van der Waals surface area contributed by atoms with Crippen molar-refractivity contribution in [1.29, 1.82) is 0 Å². The lowest BCUT2D eigenvalue weighted by atomic mass is 10.0. The number of nitrogens with one attached hydrogen (secondary N) is 1. The Morgan fingerprint density at radius 1 is 1.16 bits per heavy atom. The van der Waals surface area contributed by atoms with Gasteiger partial charge in [0, 0.05) is 19.0 Å². The Bertz CT molecular complexity index is 1170. The predicted octanol–water partition coefficient (Wildman–Crippen LogP) is 3.19. The summed E-state index contributed by atoms with van der Waals surface area (Å²) in [6.07, 6.45) is -4.77. The smallest absolute Gasteiger partial charge is 0.406 e. The molecule has 170 valence electrons. The first-order valence-corrected chi connectivity index (χ1v) is 9.87. The van der Waals surface area contributed by atoms with E-state index in [1.807, 2.05) is 13.8 Å². The average molecular weight is 449 g/mol. The molecule has 7 nitrogen and oxygen atoms in total. The molecule has 3 aromatic rings. The highest BCUT2D eigenvalue weighted by Crippen LogP contribution is 2.28. The number of carbonyl (C=O) groups excluding carboxylic acids is 1. The number of halogens is 3. The molecule has 0 aliphatic rings. The van der Waals surface area contributed by atoms with E-state index in [9.17, 15) is 22.8 Å². The molecule has 3 rings (SSSR count). The van der Waals surface area contributed by atoms with Gasteiger partial charge in [-0.3, -0.25) is 9.59 Å². The molecule has 0 saturated carbocycles. The fourth-order valence-corrected chi connectivity index (χ4v) is 3.25. The van der Waals surface area contributed by atoms with Crippen molar-refractivity contribution in [3.8, 4) is 16.9 Å². The summed E-state index contributed by atoms with van der Waals surface area (Å²) in [7, 11) is 0. The summed E-state index contributed by atoms with van der Waals surface area (Å²) in [4.78, 5) is 28.8. The molecule has 0 bridgehead atoms. The van der Waals surface area contributed by atoms with Crippen molar-refractivity contribution >= 4 is 16.9 Å². The maximum Gasteiger partial charge on any atom is 0.573 e. The fraction of sp³-hybridized carbons (Fsp3) is 0.318. The maximum absolute atomic E-state index is 13.0. The van der Waals surface area contributed by atoms with Gasteiger partial charge in [-0.25, -0.2) is 4.98 Å². The number of hydrogen-bond donors (Lipinski definition) is 2. The Labute approximate surface area is 181 Å². The van der Waals surface area contributed by atoms with E-state index in [0.717, 1.165) is 0 Å². The standard InChI is InChI=1S/C22H22F3N3O4/c1-13(2)20-21(31)28(10-9-26-19(30)12-29)18-11-15(5-8-17(18)27-20)14-3-6-16(7-4-14)32-22(23,24)25/h3-8,11,13,29H,9-10,12H2,1-2H3,(H,26,30). The van der Waals surface area contributed by atoms with Crippen molar-refractivity contribution in [3.63, 3.8) is 0 Å². The van der Waals surface area contributed by atoms with Crippen LogP contribution in [0.4, 0.5) is 13.2 Å². The van der Waals surface area contributed by atoms with Crippen molar-refractivity contribution in [2.75, 3.05) is 13.2 Å². The monoisotopic (exact) mass is 449 g/mol. The number of benzene rings is 2. The van der Waals surface area contributed by atoms with Gasteiger partial charge in [-0.2, -0.15) is 0 Å². The highest BCUT2D eigenvalue weighted by atomic mass is 19.4. The van der Waals surface area contributed by atoms with Crippen molar-refractivity contribution in [1.82, 2.24) is 14.9 Å². The number of fused-ring (bicyclic) bond motifs is 1. The molecule has 1 amide bonds. The zero-order chi connectivity index (χ0) is 23.5. The lowest BCUT2D eigenvalue weighted by Gasteiger charge is -2.15. The topological polar surface area (TPSA) is 93.4 Å². The summed E-state index contributed by atoms with van der Waals surface area (Å²) >= 11 is 0. The first kappa shape index (κ1) is 23.3. The third-order valence-electron chi connectivity index (χ3n) is 4.74. The van der Waals surface area contributed by atoms with Crippen LogP contribution < -0.4 is 15.6 Å². The molecule has 0 atom stereocenters. The Morgan fingerprint density at radius 2 is 1.81 bits per heavy atom. The minimum atomic E-state index is -4.77. The molecule has 10 heteroatoms. The molecule has 0 spiro atoms. The third-order valence-corrected chi connectivity index (χ3v) is 4.74. The molecule has 0 fully saturated rings. The van der Waals surface area contributed by atoms with Crippen LogP contribution in [-0.4, -0.2) is 40.1 Å². The number of aliphatic hydroxyl groups excluding tert-OH is 1. The summed E-state index contributed by atoms with van der Waals surface area (Å²) in [6.45, 7) is 3.34. The van der Waals surface area contributed by atoms with E-state index in [4.69, 9.17) is 5.11 Å². The molecular weight excluding hydrogens is 427 g/mol. The average Bonchev–Trinajstić information content (AvgIpc) is 2.73. The molecule has 0 unspecified atom stereocenters. The van der Waals surface area contributed by atoms with Gasteiger partial charge in [0.15, 0.2) is 0 Å². The number of nitrogens with zero attached hydrogens (tertiary/aromatic N) is 2. The second-order valence-corrected chi connectivity index (χ2v) is 7.39. The van der Waals surface area contributed by atoms with Crippen LogP contribution in [0.3, 0.4) is 0 Å². The van der Waals surface area contributed by atoms with E-state index < -0.39 is 18.9 Å². The number of rotatable bonds is 7. The molecule has 0 radical (unpaired) electrons. The predicted molar refractivity (Wildman–Crippen MR) is 112 cm³/mol. The summed E-state index contributed by atoms with van der Waals surface area (Å²) in [5, 5.41) is 11.4. The summed E-state index contributed by atoms with van der Waals surface area (Å²) in [6, 6.07) is 10.6. The maximum atomic E-state index is 13.0. The number of aromatic nitrogens is 2. The van der Waals surface area contributed by atoms with E-state index >= 15 is 0 Å². The van der Waals surface area contributed by atoms with Crippen LogP contribution in [0.25, 0.3) is 22.2 Å². The Hall–Kier alpha value is -3.40. The minimum Gasteiger partial charge on any atom is -0.406 e. The summed E-state index contributed by atoms with van der Waals surface area (Å²) in [5.74, 6) is -1.00. The van der Waals surface area contributed by atoms with Crippen LogP contribution >= 0.6 is 0 Å². The van der Waals surface area contributed by atoms with Crippen LogP contribution in [0.2, 0.25) is 0 Å². The van der Waals surface area contributed by atoms with Gasteiger partial charge >= 0.3 is 6.36 Å². The van der Waals surface area contributed by atoms with Gasteiger partial charge in [0.05, 0.1) is 11.0 Å². The van der Waals surface area contributed by atoms with E-state index in [-0.39, 0.29) is 30.3 Å². The molecule has 0 aliphatic carbocycles. The summed E-state index contributed by atoms with van der Waals surface area (Å²) in [5.41, 5.74) is 2.47. The van der Waals surface area contributed by atoms with Gasteiger partial charge in [-0.15, -0.1) is 13.2 Å². The highest BCUT2D eigenvalue weighted by molar-refractivity contribution is 5.82. The van der Waals surface area contributed by atoms with Crippen LogP contribution in [0, 0.1) is 0 Å². The zero-order valence-electron chi connectivity index (χ0n) is 17.4. The van der Waals surface area contributed by atoms with Crippen LogP contribution in [-0.2, 0) is 11.3 Å². The van der Waals surface area contributed by atoms with Crippen LogP contribution in [0.15, 0.2) is 47.3 Å². The minimum absolute atomic E-state index is 0.119. The van der Waals surface area contributed by atoms with E-state index in [1.165, 1.54) is 28.8 Å². The molecule has 1 aromatic heterocycles. The largest absolute Gasteiger partial charge is 0.573 e. The SMILES string of the molecule is CC(C)c1nc2ccc(-c3ccc(OC(F)(F)F)cc3)cc2n(CCNC(=O)CO)c1=O. The van der Waals surface area contributed by atoms with Gasteiger partial charge < -0.3 is 19.7 Å². The van der Waals surface area contributed by atoms with Crippen molar-refractivity contribution < 1.29 is 27.8 Å². The fourth-order valence-electron chi connectivity index (χ4n) is 3.25. The van der Waals surface area contributed by atoms with E-state index in [0.29, 0.717) is 27.9 Å². The van der Waals surface area contributed by atoms with Crippen molar-refractivity contribution in [2.24, 2.45) is 0 Å². The number of amides is 1. The second-order valence-electron chi connectivity index (χ2n) is 7.39. The van der Waals surface area contributed by atoms with Gasteiger partial charge in [0.25, 0.3) is 5.56 Å². The molecule has 0 saturated heterocycles. The number of hydrogen-bond acceptors (Lipinski definition) is 5. The van der Waals surface area contributed by atoms with Gasteiger partial charge in [-0.05, 0) is 35.4 Å².